The van der Waals surface area contributed by atoms with Crippen LogP contribution in [-0.4, -0.2) is 6.54 Å². The molecule has 0 aliphatic heterocycles. The molecule has 0 radical (unpaired) electrons. The van der Waals surface area contributed by atoms with E-state index in [2.05, 4.69) is 24.4 Å². The Bertz CT molecular complexity index is 581. The summed E-state index contributed by atoms with van der Waals surface area (Å²) >= 11 is 0. The van der Waals surface area contributed by atoms with Crippen molar-refractivity contribution in [1.82, 2.24) is 5.32 Å². The molecule has 2 aromatic carbocycles. The molecule has 1 nitrogen and oxygen atoms in total. The van der Waals surface area contributed by atoms with Gasteiger partial charge in [0.05, 0.1) is 0 Å². The number of rotatable bonds is 5. The van der Waals surface area contributed by atoms with E-state index in [-0.39, 0.29) is 6.04 Å². The lowest BCUT2D eigenvalue weighted by Gasteiger charge is -2.15. The van der Waals surface area contributed by atoms with Crippen LogP contribution in [0.4, 0.5) is 8.78 Å². The quantitative estimate of drug-likeness (QED) is 0.863. The third-order valence-corrected chi connectivity index (χ3v) is 3.54. The van der Waals surface area contributed by atoms with Crippen LogP contribution in [0.3, 0.4) is 0 Å². The van der Waals surface area contributed by atoms with Gasteiger partial charge in [-0.3, -0.25) is 0 Å². The molecule has 0 bridgehead atoms. The zero-order chi connectivity index (χ0) is 14.5. The molecule has 1 unspecified atom stereocenters. The number of aryl methyl sites for hydroxylation is 1. The average Bonchev–Trinajstić information content (AvgIpc) is 2.40. The SMILES string of the molecule is Cc1ccccc1CCNC(C)c1ccc(F)cc1F. The van der Waals surface area contributed by atoms with Crippen LogP contribution in [0.2, 0.25) is 0 Å². The molecule has 1 N–H and O–H groups in total. The molecule has 0 saturated heterocycles. The van der Waals surface area contributed by atoms with Gasteiger partial charge in [0.2, 0.25) is 0 Å². The normalized spacial score (nSPS) is 12.4. The minimum Gasteiger partial charge on any atom is -0.310 e. The second kappa shape index (κ2) is 6.62. The lowest BCUT2D eigenvalue weighted by Crippen LogP contribution is -2.22. The van der Waals surface area contributed by atoms with E-state index < -0.39 is 11.6 Å². The molecule has 0 aromatic heterocycles. The molecule has 0 amide bonds. The van der Waals surface area contributed by atoms with E-state index in [0.717, 1.165) is 19.0 Å². The molecular formula is C17H19F2N. The van der Waals surface area contributed by atoms with Crippen LogP contribution >= 0.6 is 0 Å². The van der Waals surface area contributed by atoms with E-state index >= 15 is 0 Å². The van der Waals surface area contributed by atoms with Gasteiger partial charge in [0.25, 0.3) is 0 Å². The Morgan fingerprint density at radius 1 is 1.10 bits per heavy atom. The van der Waals surface area contributed by atoms with Crippen LogP contribution in [0.1, 0.15) is 29.7 Å². The van der Waals surface area contributed by atoms with Crippen LogP contribution in [0.25, 0.3) is 0 Å². The summed E-state index contributed by atoms with van der Waals surface area (Å²) in [5, 5.41) is 3.27. The Morgan fingerprint density at radius 3 is 2.55 bits per heavy atom. The van der Waals surface area contributed by atoms with Crippen molar-refractivity contribution in [3.8, 4) is 0 Å². The zero-order valence-electron chi connectivity index (χ0n) is 11.8. The summed E-state index contributed by atoms with van der Waals surface area (Å²) in [7, 11) is 0. The van der Waals surface area contributed by atoms with E-state index in [0.29, 0.717) is 5.56 Å². The van der Waals surface area contributed by atoms with Gasteiger partial charge in [0.15, 0.2) is 0 Å². The average molecular weight is 275 g/mol. The van der Waals surface area contributed by atoms with E-state index in [1.807, 2.05) is 19.1 Å². The molecule has 0 fully saturated rings. The minimum atomic E-state index is -0.543. The monoisotopic (exact) mass is 275 g/mol. The summed E-state index contributed by atoms with van der Waals surface area (Å²) < 4.78 is 26.5. The van der Waals surface area contributed by atoms with Gasteiger partial charge >= 0.3 is 0 Å². The molecule has 0 aliphatic carbocycles. The second-order valence-electron chi connectivity index (χ2n) is 5.02. The maximum Gasteiger partial charge on any atom is 0.130 e. The summed E-state index contributed by atoms with van der Waals surface area (Å²) in [6.07, 6.45) is 0.889. The molecule has 1 atom stereocenters. The van der Waals surface area contributed by atoms with Gasteiger partial charge in [-0.25, -0.2) is 8.78 Å². The van der Waals surface area contributed by atoms with Crippen molar-refractivity contribution in [1.29, 1.82) is 0 Å². The fraction of sp³-hybridized carbons (Fsp3) is 0.294. The van der Waals surface area contributed by atoms with Gasteiger partial charge < -0.3 is 5.32 Å². The van der Waals surface area contributed by atoms with Crippen LogP contribution in [-0.2, 0) is 6.42 Å². The lowest BCUT2D eigenvalue weighted by molar-refractivity contribution is 0.520. The first-order valence-corrected chi connectivity index (χ1v) is 6.81. The van der Waals surface area contributed by atoms with Gasteiger partial charge in [-0.05, 0) is 44.0 Å². The number of hydrogen-bond acceptors (Lipinski definition) is 1. The predicted octanol–water partition coefficient (Wildman–Crippen LogP) is 4.17. The molecule has 106 valence electrons. The first kappa shape index (κ1) is 14.7. The fourth-order valence-electron chi connectivity index (χ4n) is 2.28. The largest absolute Gasteiger partial charge is 0.310 e. The van der Waals surface area contributed by atoms with E-state index in [4.69, 9.17) is 0 Å². The van der Waals surface area contributed by atoms with Gasteiger partial charge in [0, 0.05) is 17.7 Å². The highest BCUT2D eigenvalue weighted by molar-refractivity contribution is 5.26. The number of nitrogens with one attached hydrogen (secondary N) is 1. The van der Waals surface area contributed by atoms with E-state index in [1.54, 1.807) is 0 Å². The summed E-state index contributed by atoms with van der Waals surface area (Å²) in [4.78, 5) is 0. The summed E-state index contributed by atoms with van der Waals surface area (Å²) in [5.41, 5.74) is 3.04. The molecule has 2 aromatic rings. The van der Waals surface area contributed by atoms with Crippen molar-refractivity contribution in [2.75, 3.05) is 6.54 Å². The highest BCUT2D eigenvalue weighted by Crippen LogP contribution is 2.17. The Morgan fingerprint density at radius 2 is 1.85 bits per heavy atom. The van der Waals surface area contributed by atoms with E-state index in [9.17, 15) is 8.78 Å². The molecule has 20 heavy (non-hydrogen) atoms. The molecule has 2 rings (SSSR count). The van der Waals surface area contributed by atoms with Crippen molar-refractivity contribution in [2.24, 2.45) is 0 Å². The lowest BCUT2D eigenvalue weighted by atomic mass is 10.0. The molecule has 0 aliphatic rings. The summed E-state index contributed by atoms with van der Waals surface area (Å²) in [6.45, 7) is 4.72. The fourth-order valence-corrected chi connectivity index (χ4v) is 2.28. The van der Waals surface area contributed by atoms with Crippen LogP contribution in [0, 0.1) is 18.6 Å². The van der Waals surface area contributed by atoms with Crippen molar-refractivity contribution in [3.63, 3.8) is 0 Å². The highest BCUT2D eigenvalue weighted by Gasteiger charge is 2.11. The third kappa shape index (κ3) is 3.64. The molecule has 3 heteroatoms. The molecule has 0 heterocycles. The minimum absolute atomic E-state index is 0.139. The van der Waals surface area contributed by atoms with Crippen molar-refractivity contribution >= 4 is 0 Å². The topological polar surface area (TPSA) is 12.0 Å². The maximum absolute atomic E-state index is 13.6. The molecule has 0 saturated carbocycles. The van der Waals surface area contributed by atoms with Crippen molar-refractivity contribution in [3.05, 3.63) is 70.8 Å². The third-order valence-electron chi connectivity index (χ3n) is 3.54. The zero-order valence-corrected chi connectivity index (χ0v) is 11.8. The standard InChI is InChI=1S/C17H19F2N/c1-12-5-3-4-6-14(12)9-10-20-13(2)16-8-7-15(18)11-17(16)19/h3-8,11,13,20H,9-10H2,1-2H3. The summed E-state index contributed by atoms with van der Waals surface area (Å²) in [6, 6.07) is 11.8. The maximum atomic E-state index is 13.6. The Kier molecular flexibility index (Phi) is 4.85. The number of hydrogen-bond donors (Lipinski definition) is 1. The molecular weight excluding hydrogens is 256 g/mol. The van der Waals surface area contributed by atoms with Gasteiger partial charge in [0.1, 0.15) is 11.6 Å². The van der Waals surface area contributed by atoms with E-state index in [1.165, 1.54) is 23.3 Å². The van der Waals surface area contributed by atoms with Gasteiger partial charge in [-0.2, -0.15) is 0 Å². The predicted molar refractivity (Wildman–Crippen MR) is 77.7 cm³/mol. The number of benzene rings is 2. The van der Waals surface area contributed by atoms with Crippen LogP contribution in [0.5, 0.6) is 0 Å². The van der Waals surface area contributed by atoms with Crippen LogP contribution in [0.15, 0.2) is 42.5 Å². The van der Waals surface area contributed by atoms with Crippen molar-refractivity contribution < 1.29 is 8.78 Å². The first-order chi connectivity index (χ1) is 9.58. The van der Waals surface area contributed by atoms with Crippen molar-refractivity contribution in [2.45, 2.75) is 26.3 Å². The Balaban J connectivity index is 1.92. The number of halogens is 2. The summed E-state index contributed by atoms with van der Waals surface area (Å²) in [5.74, 6) is -1.04. The highest BCUT2D eigenvalue weighted by atomic mass is 19.1. The second-order valence-corrected chi connectivity index (χ2v) is 5.02. The first-order valence-electron chi connectivity index (χ1n) is 6.81. The Hall–Kier alpha value is -1.74. The van der Waals surface area contributed by atoms with Gasteiger partial charge in [-0.1, -0.05) is 30.3 Å². The van der Waals surface area contributed by atoms with Gasteiger partial charge in [-0.15, -0.1) is 0 Å². The smallest absolute Gasteiger partial charge is 0.130 e. The van der Waals surface area contributed by atoms with Crippen LogP contribution < -0.4 is 5.32 Å². The molecule has 0 spiro atoms. The Labute approximate surface area is 118 Å².